The molecule has 1 spiro atoms. The van der Waals surface area contributed by atoms with Crippen LogP contribution >= 0.6 is 0 Å². The van der Waals surface area contributed by atoms with E-state index in [0.717, 1.165) is 17.0 Å². The van der Waals surface area contributed by atoms with Gasteiger partial charge in [-0.25, -0.2) is 0 Å². The summed E-state index contributed by atoms with van der Waals surface area (Å²) in [7, 11) is 3.20. The molecule has 0 radical (unpaired) electrons. The summed E-state index contributed by atoms with van der Waals surface area (Å²) in [5.41, 5.74) is 0.907. The summed E-state index contributed by atoms with van der Waals surface area (Å²) < 4.78 is 16.7. The summed E-state index contributed by atoms with van der Waals surface area (Å²) in [5, 5.41) is 2.98. The van der Waals surface area contributed by atoms with Crippen LogP contribution in [0.15, 0.2) is 60.7 Å². The Hall–Kier alpha value is -3.32. The highest BCUT2D eigenvalue weighted by Crippen LogP contribution is 2.52. The van der Waals surface area contributed by atoms with Crippen molar-refractivity contribution in [3.8, 4) is 11.5 Å². The SMILES string of the molecule is COc1cccc(CNC(=O)[C@H]2[C@@H]3C=C[C@]4(CN(c5cccc(OC)c5)C(=O)[C@@H]24)O3)c1. The quantitative estimate of drug-likeness (QED) is 0.726. The largest absolute Gasteiger partial charge is 0.497 e. The molecule has 5 rings (SSSR count). The van der Waals surface area contributed by atoms with E-state index in [-0.39, 0.29) is 17.9 Å². The number of amides is 2. The lowest BCUT2D eigenvalue weighted by Crippen LogP contribution is -2.43. The lowest BCUT2D eigenvalue weighted by molar-refractivity contribution is -0.132. The fraction of sp³-hybridized carbons (Fsp3) is 0.333. The third-order valence-electron chi connectivity index (χ3n) is 6.37. The van der Waals surface area contributed by atoms with Crippen molar-refractivity contribution in [1.29, 1.82) is 0 Å². The maximum atomic E-state index is 13.4. The second-order valence-corrected chi connectivity index (χ2v) is 8.10. The van der Waals surface area contributed by atoms with E-state index in [1.165, 1.54) is 0 Å². The molecule has 2 aromatic carbocycles. The maximum absolute atomic E-state index is 13.4. The molecule has 0 aromatic heterocycles. The van der Waals surface area contributed by atoms with Crippen LogP contribution in [0.5, 0.6) is 11.5 Å². The van der Waals surface area contributed by atoms with Gasteiger partial charge in [0.2, 0.25) is 11.8 Å². The van der Waals surface area contributed by atoms with E-state index >= 15 is 0 Å². The van der Waals surface area contributed by atoms with E-state index in [9.17, 15) is 9.59 Å². The molecule has 4 atom stereocenters. The predicted molar refractivity (Wildman–Crippen MR) is 114 cm³/mol. The second kappa shape index (κ2) is 7.42. The average Bonchev–Trinajstić information content (AvgIpc) is 3.46. The lowest BCUT2D eigenvalue weighted by atomic mass is 9.77. The number of nitrogens with one attached hydrogen (secondary N) is 1. The molecule has 0 unspecified atom stereocenters. The van der Waals surface area contributed by atoms with Crippen molar-refractivity contribution in [3.05, 3.63) is 66.2 Å². The molecule has 31 heavy (non-hydrogen) atoms. The van der Waals surface area contributed by atoms with Crippen molar-refractivity contribution in [2.75, 3.05) is 25.7 Å². The number of carbonyl (C=O) groups is 2. The van der Waals surface area contributed by atoms with Gasteiger partial charge in [-0.3, -0.25) is 9.59 Å². The number of anilines is 1. The van der Waals surface area contributed by atoms with Gasteiger partial charge in [0.25, 0.3) is 0 Å². The summed E-state index contributed by atoms with van der Waals surface area (Å²) in [4.78, 5) is 28.3. The Morgan fingerprint density at radius 3 is 2.68 bits per heavy atom. The van der Waals surface area contributed by atoms with Gasteiger partial charge in [-0.1, -0.05) is 30.4 Å². The van der Waals surface area contributed by atoms with Crippen LogP contribution in [-0.4, -0.2) is 44.3 Å². The molecule has 7 nitrogen and oxygen atoms in total. The van der Waals surface area contributed by atoms with Crippen molar-refractivity contribution in [2.45, 2.75) is 18.2 Å². The summed E-state index contributed by atoms with van der Waals surface area (Å²) in [6, 6.07) is 14.9. The number of hydrogen-bond donors (Lipinski definition) is 1. The standard InChI is InChI=1S/C24H24N2O5/c1-29-17-7-3-5-15(11-17)13-25-22(27)20-19-9-10-24(31-19)14-26(23(28)21(20)24)16-6-4-8-18(12-16)30-2/h3-12,19-21H,13-14H2,1-2H3,(H,25,27)/t19-,20-,21+,24+/m0/s1. The van der Waals surface area contributed by atoms with Gasteiger partial charge in [0, 0.05) is 18.3 Å². The van der Waals surface area contributed by atoms with Crippen molar-refractivity contribution < 1.29 is 23.8 Å². The summed E-state index contributed by atoms with van der Waals surface area (Å²) in [6.07, 6.45) is 3.48. The van der Waals surface area contributed by atoms with E-state index in [1.54, 1.807) is 19.1 Å². The first-order chi connectivity index (χ1) is 15.0. The highest BCUT2D eigenvalue weighted by atomic mass is 16.5. The van der Waals surface area contributed by atoms with Gasteiger partial charge < -0.3 is 24.4 Å². The molecule has 3 heterocycles. The van der Waals surface area contributed by atoms with Crippen LogP contribution in [0.2, 0.25) is 0 Å². The molecule has 2 aromatic rings. The monoisotopic (exact) mass is 420 g/mol. The van der Waals surface area contributed by atoms with Crippen molar-refractivity contribution in [1.82, 2.24) is 5.32 Å². The number of nitrogens with zero attached hydrogens (tertiary/aromatic N) is 1. The molecular formula is C24H24N2O5. The Morgan fingerprint density at radius 2 is 1.90 bits per heavy atom. The first kappa shape index (κ1) is 19.6. The van der Waals surface area contributed by atoms with Crippen LogP contribution in [0.4, 0.5) is 5.69 Å². The number of rotatable bonds is 6. The minimum absolute atomic E-state index is 0.0957. The van der Waals surface area contributed by atoms with Crippen molar-refractivity contribution in [2.24, 2.45) is 11.8 Å². The van der Waals surface area contributed by atoms with Crippen molar-refractivity contribution >= 4 is 17.5 Å². The number of ether oxygens (including phenoxy) is 3. The number of methoxy groups -OCH3 is 2. The molecule has 2 saturated heterocycles. The summed E-state index contributed by atoms with van der Waals surface area (Å²) in [5.74, 6) is 0.0363. The third kappa shape index (κ3) is 3.16. The van der Waals surface area contributed by atoms with Gasteiger partial charge in [-0.05, 0) is 29.8 Å². The van der Waals surface area contributed by atoms with Gasteiger partial charge in [-0.2, -0.15) is 0 Å². The molecule has 1 N–H and O–H groups in total. The number of carbonyl (C=O) groups excluding carboxylic acids is 2. The highest BCUT2D eigenvalue weighted by molar-refractivity contribution is 6.03. The van der Waals surface area contributed by atoms with E-state index < -0.39 is 17.4 Å². The number of fused-ring (bicyclic) bond motifs is 1. The average molecular weight is 420 g/mol. The molecule has 3 aliphatic rings. The normalized spacial score (nSPS) is 28.0. The topological polar surface area (TPSA) is 77.1 Å². The van der Waals surface area contributed by atoms with Gasteiger partial charge in [0.15, 0.2) is 0 Å². The Bertz CT molecular complexity index is 1070. The molecule has 7 heteroatoms. The molecule has 0 saturated carbocycles. The smallest absolute Gasteiger partial charge is 0.234 e. The van der Waals surface area contributed by atoms with E-state index in [2.05, 4.69) is 5.32 Å². The minimum Gasteiger partial charge on any atom is -0.497 e. The molecule has 160 valence electrons. The van der Waals surface area contributed by atoms with Crippen LogP contribution in [0, 0.1) is 11.8 Å². The number of hydrogen-bond acceptors (Lipinski definition) is 5. The van der Waals surface area contributed by atoms with Gasteiger partial charge >= 0.3 is 0 Å². The highest BCUT2D eigenvalue weighted by Gasteiger charge is 2.67. The van der Waals surface area contributed by atoms with Crippen molar-refractivity contribution in [3.63, 3.8) is 0 Å². The Morgan fingerprint density at radius 1 is 1.16 bits per heavy atom. The van der Waals surface area contributed by atoms with E-state index in [4.69, 9.17) is 14.2 Å². The second-order valence-electron chi connectivity index (χ2n) is 8.10. The number of benzene rings is 2. The molecule has 2 bridgehead atoms. The minimum atomic E-state index is -0.761. The molecule has 2 amide bonds. The van der Waals surface area contributed by atoms with Crippen LogP contribution in [0.1, 0.15) is 5.56 Å². The summed E-state index contributed by atoms with van der Waals surface area (Å²) >= 11 is 0. The van der Waals surface area contributed by atoms with Gasteiger partial charge in [0.05, 0.1) is 38.7 Å². The first-order valence-electron chi connectivity index (χ1n) is 10.3. The zero-order valence-electron chi connectivity index (χ0n) is 17.4. The molecule has 0 aliphatic carbocycles. The van der Waals surface area contributed by atoms with Gasteiger partial charge in [-0.15, -0.1) is 0 Å². The van der Waals surface area contributed by atoms with Crippen LogP contribution in [-0.2, 0) is 20.9 Å². The van der Waals surface area contributed by atoms with E-state index in [0.29, 0.717) is 18.8 Å². The zero-order valence-corrected chi connectivity index (χ0v) is 17.4. The van der Waals surface area contributed by atoms with E-state index in [1.807, 2.05) is 60.7 Å². The molecular weight excluding hydrogens is 396 g/mol. The maximum Gasteiger partial charge on any atom is 0.234 e. The first-order valence-corrected chi connectivity index (χ1v) is 10.3. The summed E-state index contributed by atoms with van der Waals surface area (Å²) in [6.45, 7) is 0.743. The predicted octanol–water partition coefficient (Wildman–Crippen LogP) is 2.31. The fourth-order valence-electron chi connectivity index (χ4n) is 4.88. The molecule has 3 aliphatic heterocycles. The van der Waals surface area contributed by atoms with Crippen LogP contribution in [0.3, 0.4) is 0 Å². The van der Waals surface area contributed by atoms with Crippen LogP contribution in [0.25, 0.3) is 0 Å². The Kier molecular flexibility index (Phi) is 4.70. The van der Waals surface area contributed by atoms with Gasteiger partial charge in [0.1, 0.15) is 17.1 Å². The fourth-order valence-corrected chi connectivity index (χ4v) is 4.88. The lowest BCUT2D eigenvalue weighted by Gasteiger charge is -2.23. The third-order valence-corrected chi connectivity index (χ3v) is 6.37. The Balaban J connectivity index is 1.36. The zero-order chi connectivity index (χ0) is 21.6. The molecule has 2 fully saturated rings. The Labute approximate surface area is 180 Å². The van der Waals surface area contributed by atoms with Crippen LogP contribution < -0.4 is 19.7 Å².